The third-order valence-electron chi connectivity index (χ3n) is 10.9. The molecule has 3 aliphatic carbocycles. The van der Waals surface area contributed by atoms with E-state index in [9.17, 15) is 39.6 Å². The fourth-order valence-electron chi connectivity index (χ4n) is 8.87. The summed E-state index contributed by atoms with van der Waals surface area (Å²) in [4.78, 5) is 53.8. The summed E-state index contributed by atoms with van der Waals surface area (Å²) in [6.45, 7) is 8.08. The SMILES string of the molecule is COc1ccc(C(=O)Cc2ccc(-c3ccc(O)c4c3C[C@]3(C)C[C@]5(C)C(C(C)C)C(O)=C(C(C)=O)C(=O)[C@]5(O)C(O)=C3C4=O)cc2)cc1. The second-order valence-electron chi connectivity index (χ2n) is 14.5. The summed E-state index contributed by atoms with van der Waals surface area (Å²) < 4.78 is 5.17. The number of hydrogen-bond donors (Lipinski definition) is 4. The average Bonchev–Trinajstić information content (AvgIpc) is 3.03. The lowest BCUT2D eigenvalue weighted by molar-refractivity contribution is -0.171. The molecule has 49 heavy (non-hydrogen) atoms. The third kappa shape index (κ3) is 4.85. The van der Waals surface area contributed by atoms with E-state index in [1.807, 2.05) is 24.3 Å². The van der Waals surface area contributed by atoms with Crippen LogP contribution in [0, 0.1) is 22.7 Å². The smallest absolute Gasteiger partial charge is 0.209 e. The summed E-state index contributed by atoms with van der Waals surface area (Å²) in [5.41, 5.74) is -2.84. The molecule has 6 rings (SSSR count). The highest BCUT2D eigenvalue weighted by molar-refractivity contribution is 6.25. The first-order valence-corrected chi connectivity index (χ1v) is 16.3. The highest BCUT2D eigenvalue weighted by Gasteiger charge is 2.71. The number of Topliss-reactive ketones (excluding diaryl/α,β-unsaturated/α-hetero) is 4. The van der Waals surface area contributed by atoms with Crippen LogP contribution in [0.1, 0.15) is 72.9 Å². The van der Waals surface area contributed by atoms with Crippen LogP contribution in [0.5, 0.6) is 11.5 Å². The molecular weight excluding hydrogens is 624 g/mol. The van der Waals surface area contributed by atoms with E-state index in [1.165, 1.54) is 6.07 Å². The first-order valence-electron chi connectivity index (χ1n) is 16.3. The molecule has 0 amide bonds. The Labute approximate surface area is 284 Å². The van der Waals surface area contributed by atoms with Crippen molar-refractivity contribution in [2.24, 2.45) is 22.7 Å². The van der Waals surface area contributed by atoms with Gasteiger partial charge in [-0.2, -0.15) is 0 Å². The maximum atomic E-state index is 14.4. The molecule has 0 aliphatic heterocycles. The lowest BCUT2D eigenvalue weighted by Crippen LogP contribution is -2.67. The minimum atomic E-state index is -2.66. The summed E-state index contributed by atoms with van der Waals surface area (Å²) in [5.74, 6) is -4.88. The van der Waals surface area contributed by atoms with Crippen molar-refractivity contribution in [1.29, 1.82) is 0 Å². The topological polar surface area (TPSA) is 158 Å². The first kappa shape index (κ1) is 33.9. The van der Waals surface area contributed by atoms with E-state index in [2.05, 4.69) is 0 Å². The molecule has 0 heterocycles. The molecule has 0 radical (unpaired) electrons. The Bertz CT molecular complexity index is 2000. The number of aromatic hydroxyl groups is 1. The number of phenols is 1. The van der Waals surface area contributed by atoms with Crippen molar-refractivity contribution >= 4 is 23.1 Å². The molecule has 0 saturated heterocycles. The number of allylic oxidation sites excluding steroid dienone is 2. The number of benzene rings is 3. The zero-order valence-electron chi connectivity index (χ0n) is 28.4. The molecule has 0 aromatic heterocycles. The second-order valence-corrected chi connectivity index (χ2v) is 14.5. The molecule has 9 heteroatoms. The van der Waals surface area contributed by atoms with E-state index in [0.717, 1.165) is 18.1 Å². The number of rotatable bonds is 7. The lowest BCUT2D eigenvalue weighted by Gasteiger charge is -2.59. The summed E-state index contributed by atoms with van der Waals surface area (Å²) in [6, 6.07) is 17.4. The Hall–Kier alpha value is -5.02. The number of carbonyl (C=O) groups is 4. The van der Waals surface area contributed by atoms with Crippen LogP contribution < -0.4 is 4.74 Å². The van der Waals surface area contributed by atoms with Gasteiger partial charge in [0.25, 0.3) is 0 Å². The van der Waals surface area contributed by atoms with Crippen LogP contribution in [-0.4, -0.2) is 56.3 Å². The third-order valence-corrected chi connectivity index (χ3v) is 10.9. The van der Waals surface area contributed by atoms with Crippen LogP contribution in [0.25, 0.3) is 11.1 Å². The Morgan fingerprint density at radius 2 is 1.57 bits per heavy atom. The first-order chi connectivity index (χ1) is 23.0. The molecule has 1 unspecified atom stereocenters. The fraction of sp³-hybridized carbons (Fsp3) is 0.350. The fourth-order valence-corrected chi connectivity index (χ4v) is 8.87. The Morgan fingerprint density at radius 1 is 0.939 bits per heavy atom. The highest BCUT2D eigenvalue weighted by atomic mass is 16.5. The largest absolute Gasteiger partial charge is 0.511 e. The van der Waals surface area contributed by atoms with Gasteiger partial charge in [-0.3, -0.25) is 19.2 Å². The van der Waals surface area contributed by atoms with Gasteiger partial charge >= 0.3 is 0 Å². The normalized spacial score (nSPS) is 26.3. The highest BCUT2D eigenvalue weighted by Crippen LogP contribution is 2.65. The molecule has 3 aromatic rings. The van der Waals surface area contributed by atoms with Gasteiger partial charge in [-0.1, -0.05) is 58.0 Å². The van der Waals surface area contributed by atoms with Gasteiger partial charge in [0.05, 0.1) is 12.7 Å². The van der Waals surface area contributed by atoms with Gasteiger partial charge in [0, 0.05) is 34.3 Å². The number of fused-ring (bicyclic) bond motifs is 3. The number of phenolic OH excluding ortho intramolecular Hbond substituents is 1. The standard InChI is InChI=1S/C40H40O9/c1-20(2)32-34(44)30(21(3)41)36(46)40(48)37(47)33-35(45)31-27(18-38(33,4)19-39(32,40)5)26(15-16-28(31)42)23-9-7-22(8-10-23)17-29(43)24-11-13-25(49-6)14-12-24/h7-16,20,32,42,44,47-48H,17-19H2,1-6H3/t32?,38-,39-,40+/m1/s1. The summed E-state index contributed by atoms with van der Waals surface area (Å²) in [7, 11) is 1.56. The van der Waals surface area contributed by atoms with Gasteiger partial charge in [0.2, 0.25) is 5.78 Å². The molecule has 0 fully saturated rings. The van der Waals surface area contributed by atoms with E-state index in [-0.39, 0.29) is 47.8 Å². The monoisotopic (exact) mass is 664 g/mol. The zero-order valence-corrected chi connectivity index (χ0v) is 28.4. The summed E-state index contributed by atoms with van der Waals surface area (Å²) in [5, 5.41) is 46.5. The second kappa shape index (κ2) is 11.6. The molecule has 0 bridgehead atoms. The lowest BCUT2D eigenvalue weighted by atomic mass is 9.44. The molecule has 4 N–H and O–H groups in total. The van der Waals surface area contributed by atoms with Crippen LogP contribution in [-0.2, 0) is 22.4 Å². The van der Waals surface area contributed by atoms with Crippen molar-refractivity contribution in [1.82, 2.24) is 0 Å². The predicted molar refractivity (Wildman–Crippen MR) is 182 cm³/mol. The maximum absolute atomic E-state index is 14.4. The van der Waals surface area contributed by atoms with Gasteiger partial charge in [-0.15, -0.1) is 0 Å². The van der Waals surface area contributed by atoms with E-state index in [1.54, 1.807) is 65.1 Å². The van der Waals surface area contributed by atoms with Gasteiger partial charge in [0.1, 0.15) is 28.6 Å². The number of carbonyl (C=O) groups excluding carboxylic acids is 4. The summed E-state index contributed by atoms with van der Waals surface area (Å²) in [6.07, 6.45) is 0.337. The van der Waals surface area contributed by atoms with Crippen molar-refractivity contribution in [3.8, 4) is 22.6 Å². The Morgan fingerprint density at radius 3 is 2.14 bits per heavy atom. The maximum Gasteiger partial charge on any atom is 0.209 e. The van der Waals surface area contributed by atoms with Crippen LogP contribution in [0.4, 0.5) is 0 Å². The van der Waals surface area contributed by atoms with Gasteiger partial charge in [-0.05, 0) is 78.3 Å². The summed E-state index contributed by atoms with van der Waals surface area (Å²) >= 11 is 0. The minimum absolute atomic E-state index is 0.00636. The minimum Gasteiger partial charge on any atom is -0.511 e. The Balaban J connectivity index is 1.43. The predicted octanol–water partition coefficient (Wildman–Crippen LogP) is 6.45. The van der Waals surface area contributed by atoms with Crippen molar-refractivity contribution in [2.75, 3.05) is 7.11 Å². The molecule has 4 atom stereocenters. The number of aliphatic hydroxyl groups excluding tert-OH is 2. The van der Waals surface area contributed by atoms with Gasteiger partial charge < -0.3 is 25.2 Å². The van der Waals surface area contributed by atoms with Gasteiger partial charge in [-0.25, -0.2) is 0 Å². The zero-order chi connectivity index (χ0) is 35.8. The van der Waals surface area contributed by atoms with Gasteiger partial charge in [0.15, 0.2) is 23.0 Å². The molecular formula is C40H40O9. The molecule has 3 aliphatic rings. The van der Waals surface area contributed by atoms with E-state index >= 15 is 0 Å². The number of methoxy groups -OCH3 is 1. The molecule has 254 valence electrons. The van der Waals surface area contributed by atoms with E-state index < -0.39 is 56.8 Å². The average molecular weight is 665 g/mol. The van der Waals surface area contributed by atoms with Crippen LogP contribution in [0.3, 0.4) is 0 Å². The number of hydrogen-bond acceptors (Lipinski definition) is 9. The van der Waals surface area contributed by atoms with Crippen LogP contribution in [0.15, 0.2) is 83.3 Å². The van der Waals surface area contributed by atoms with Crippen LogP contribution >= 0.6 is 0 Å². The van der Waals surface area contributed by atoms with Crippen LogP contribution in [0.2, 0.25) is 0 Å². The quantitative estimate of drug-likeness (QED) is 0.165. The van der Waals surface area contributed by atoms with E-state index in [4.69, 9.17) is 4.74 Å². The number of ketones is 4. The van der Waals surface area contributed by atoms with E-state index in [0.29, 0.717) is 22.4 Å². The van der Waals surface area contributed by atoms with Crippen molar-refractivity contribution in [3.63, 3.8) is 0 Å². The number of aliphatic hydroxyl groups is 3. The molecule has 3 aromatic carbocycles. The molecule has 9 nitrogen and oxygen atoms in total. The molecule has 0 saturated carbocycles. The van der Waals surface area contributed by atoms with Crippen molar-refractivity contribution < 1.29 is 44.3 Å². The van der Waals surface area contributed by atoms with Crippen molar-refractivity contribution in [3.05, 3.63) is 106 Å². The molecule has 0 spiro atoms. The number of ether oxygens (including phenoxy) is 1. The Kier molecular flexibility index (Phi) is 7.98. The van der Waals surface area contributed by atoms with Crippen molar-refractivity contribution in [2.45, 2.75) is 59.5 Å².